The molecule has 5 heteroatoms. The first-order chi connectivity index (χ1) is 9.25. The van der Waals surface area contributed by atoms with E-state index in [1.165, 1.54) is 0 Å². The summed E-state index contributed by atoms with van der Waals surface area (Å²) in [5.74, 6) is 0.383. The van der Waals surface area contributed by atoms with Crippen LogP contribution in [0.3, 0.4) is 0 Å². The molecule has 0 heterocycles. The molecule has 0 bridgehead atoms. The Balaban J connectivity index is 4.31. The fourth-order valence-electron chi connectivity index (χ4n) is 2.29. The second-order valence-corrected chi connectivity index (χ2v) is 10.4. The number of rotatable bonds is 8. The topological polar surface area (TPSA) is 55.4 Å². The fourth-order valence-corrected chi connectivity index (χ4v) is 3.92. The van der Waals surface area contributed by atoms with Gasteiger partial charge in [-0.15, -0.1) is 0 Å². The van der Waals surface area contributed by atoms with Gasteiger partial charge in [-0.2, -0.15) is 0 Å². The molecule has 1 unspecified atom stereocenters. The predicted molar refractivity (Wildman–Crippen MR) is 89.9 cm³/mol. The van der Waals surface area contributed by atoms with Crippen molar-refractivity contribution in [1.29, 1.82) is 0 Å². The summed E-state index contributed by atoms with van der Waals surface area (Å²) in [4.78, 5) is 0. The third-order valence-electron chi connectivity index (χ3n) is 3.14. The van der Waals surface area contributed by atoms with Crippen LogP contribution < -0.4 is 4.72 Å². The Bertz CT molecular complexity index is 389. The Kier molecular flexibility index (Phi) is 7.88. The third kappa shape index (κ3) is 10.3. The fraction of sp³-hybridized carbons (Fsp3) is 1.00. The van der Waals surface area contributed by atoms with Gasteiger partial charge in [-0.05, 0) is 23.2 Å². The van der Waals surface area contributed by atoms with Crippen LogP contribution in [0.1, 0.15) is 61.8 Å². The second-order valence-electron chi connectivity index (χ2n) is 8.49. The highest BCUT2D eigenvalue weighted by atomic mass is 32.2. The van der Waals surface area contributed by atoms with E-state index in [1.54, 1.807) is 0 Å². The van der Waals surface area contributed by atoms with Crippen molar-refractivity contribution in [2.45, 2.75) is 67.9 Å². The lowest BCUT2D eigenvalue weighted by molar-refractivity contribution is 0.0720. The molecule has 0 saturated carbocycles. The van der Waals surface area contributed by atoms with Crippen LogP contribution in [0.15, 0.2) is 0 Å². The van der Waals surface area contributed by atoms with E-state index in [2.05, 4.69) is 46.3 Å². The van der Waals surface area contributed by atoms with Crippen LogP contribution in [0.25, 0.3) is 0 Å². The van der Waals surface area contributed by atoms with E-state index in [-0.39, 0.29) is 28.5 Å². The quantitative estimate of drug-likeness (QED) is 0.697. The smallest absolute Gasteiger partial charge is 0.211 e. The van der Waals surface area contributed by atoms with Gasteiger partial charge < -0.3 is 4.74 Å². The summed E-state index contributed by atoms with van der Waals surface area (Å²) in [7, 11) is -3.25. The van der Waals surface area contributed by atoms with Gasteiger partial charge in [0.05, 0.1) is 12.4 Å². The van der Waals surface area contributed by atoms with E-state index >= 15 is 0 Å². The Hall–Kier alpha value is -0.130. The molecule has 0 rings (SSSR count). The van der Waals surface area contributed by atoms with Gasteiger partial charge in [0, 0.05) is 12.6 Å². The molecule has 128 valence electrons. The third-order valence-corrected chi connectivity index (χ3v) is 4.58. The van der Waals surface area contributed by atoms with Gasteiger partial charge in [-0.1, -0.05) is 55.4 Å². The zero-order valence-electron chi connectivity index (χ0n) is 15.1. The van der Waals surface area contributed by atoms with Gasteiger partial charge in [0.1, 0.15) is 0 Å². The second kappa shape index (κ2) is 7.93. The Morgan fingerprint density at radius 3 is 1.95 bits per heavy atom. The van der Waals surface area contributed by atoms with E-state index in [0.717, 1.165) is 0 Å². The molecule has 0 aromatic rings. The summed E-state index contributed by atoms with van der Waals surface area (Å²) in [5.41, 5.74) is 0.0239. The van der Waals surface area contributed by atoms with Crippen LogP contribution in [0.5, 0.6) is 0 Å². The molecular formula is C16H35NO3S. The summed E-state index contributed by atoms with van der Waals surface area (Å²) < 4.78 is 32.7. The highest BCUT2D eigenvalue weighted by Crippen LogP contribution is 2.25. The minimum absolute atomic E-state index is 0.0574. The lowest BCUT2D eigenvalue weighted by Gasteiger charge is -2.34. The maximum Gasteiger partial charge on any atom is 0.211 e. The van der Waals surface area contributed by atoms with E-state index in [1.807, 2.05) is 13.8 Å². The summed E-state index contributed by atoms with van der Waals surface area (Å²) in [5, 5.41) is 0. The number of nitrogens with one attached hydrogen (secondary N) is 1. The zero-order chi connectivity index (χ0) is 16.9. The molecule has 0 aromatic heterocycles. The normalized spacial score (nSPS) is 15.5. The summed E-state index contributed by atoms with van der Waals surface area (Å²) >= 11 is 0. The number of hydrogen-bond acceptors (Lipinski definition) is 3. The Labute approximate surface area is 132 Å². The van der Waals surface area contributed by atoms with Gasteiger partial charge in [0.25, 0.3) is 0 Å². The molecular weight excluding hydrogens is 286 g/mol. The minimum atomic E-state index is -3.25. The highest BCUT2D eigenvalue weighted by molar-refractivity contribution is 7.89. The maximum absolute atomic E-state index is 12.2. The Morgan fingerprint density at radius 2 is 1.57 bits per heavy atom. The standard InChI is InChI=1S/C16H35NO3S/c1-13(2)14(16(6,7)8)17-21(18,19)11-9-10-20-12-15(3,4)5/h13-14,17H,9-12H2,1-8H3. The molecule has 0 amide bonds. The van der Waals surface area contributed by atoms with Crippen molar-refractivity contribution in [2.75, 3.05) is 19.0 Å². The van der Waals surface area contributed by atoms with Crippen molar-refractivity contribution in [3.05, 3.63) is 0 Å². The average Bonchev–Trinajstić information content (AvgIpc) is 2.22. The van der Waals surface area contributed by atoms with Crippen LogP contribution in [-0.2, 0) is 14.8 Å². The maximum atomic E-state index is 12.2. The Morgan fingerprint density at radius 1 is 1.05 bits per heavy atom. The number of hydrogen-bond donors (Lipinski definition) is 1. The van der Waals surface area contributed by atoms with Crippen LogP contribution in [-0.4, -0.2) is 33.4 Å². The summed E-state index contributed by atoms with van der Waals surface area (Å²) in [6.45, 7) is 17.7. The van der Waals surface area contributed by atoms with Crippen LogP contribution >= 0.6 is 0 Å². The van der Waals surface area contributed by atoms with Crippen molar-refractivity contribution in [1.82, 2.24) is 4.72 Å². The van der Waals surface area contributed by atoms with E-state index in [9.17, 15) is 8.42 Å². The lowest BCUT2D eigenvalue weighted by Crippen LogP contribution is -2.47. The van der Waals surface area contributed by atoms with Gasteiger partial charge in [-0.3, -0.25) is 0 Å². The van der Waals surface area contributed by atoms with E-state index in [0.29, 0.717) is 19.6 Å². The van der Waals surface area contributed by atoms with E-state index in [4.69, 9.17) is 4.74 Å². The zero-order valence-corrected chi connectivity index (χ0v) is 15.9. The van der Waals surface area contributed by atoms with Crippen molar-refractivity contribution >= 4 is 10.0 Å². The molecule has 0 radical (unpaired) electrons. The number of ether oxygens (including phenoxy) is 1. The monoisotopic (exact) mass is 321 g/mol. The van der Waals surface area contributed by atoms with E-state index < -0.39 is 10.0 Å². The molecule has 0 aliphatic rings. The van der Waals surface area contributed by atoms with Crippen LogP contribution in [0.2, 0.25) is 0 Å². The molecule has 0 aromatic carbocycles. The molecule has 21 heavy (non-hydrogen) atoms. The van der Waals surface area contributed by atoms with Gasteiger partial charge in [0.2, 0.25) is 10.0 Å². The van der Waals surface area contributed by atoms with Gasteiger partial charge in [0.15, 0.2) is 0 Å². The first-order valence-electron chi connectivity index (χ1n) is 7.82. The minimum Gasteiger partial charge on any atom is -0.381 e. The molecule has 0 aliphatic carbocycles. The van der Waals surface area contributed by atoms with Crippen LogP contribution in [0, 0.1) is 16.7 Å². The summed E-state index contributed by atoms with van der Waals surface area (Å²) in [6.07, 6.45) is 0.528. The molecule has 4 nitrogen and oxygen atoms in total. The van der Waals surface area contributed by atoms with Crippen molar-refractivity contribution in [3.63, 3.8) is 0 Å². The lowest BCUT2D eigenvalue weighted by atomic mass is 9.81. The van der Waals surface area contributed by atoms with Crippen molar-refractivity contribution in [2.24, 2.45) is 16.7 Å². The largest absolute Gasteiger partial charge is 0.381 e. The molecule has 0 aliphatic heterocycles. The van der Waals surface area contributed by atoms with Crippen molar-refractivity contribution in [3.8, 4) is 0 Å². The first kappa shape index (κ1) is 20.9. The molecule has 0 saturated heterocycles. The SMILES string of the molecule is CC(C)C(NS(=O)(=O)CCCOCC(C)(C)C)C(C)(C)C. The predicted octanol–water partition coefficient (Wildman–Crippen LogP) is 3.43. The van der Waals surface area contributed by atoms with Crippen LogP contribution in [0.4, 0.5) is 0 Å². The highest BCUT2D eigenvalue weighted by Gasteiger charge is 2.30. The van der Waals surface area contributed by atoms with Crippen molar-refractivity contribution < 1.29 is 13.2 Å². The number of sulfonamides is 1. The molecule has 1 atom stereocenters. The molecule has 1 N–H and O–H groups in total. The van der Waals surface area contributed by atoms with Gasteiger partial charge in [-0.25, -0.2) is 13.1 Å². The summed E-state index contributed by atoms with van der Waals surface area (Å²) in [6, 6.07) is -0.0574. The van der Waals surface area contributed by atoms with Gasteiger partial charge >= 0.3 is 0 Å². The molecule has 0 fully saturated rings. The first-order valence-corrected chi connectivity index (χ1v) is 9.47. The average molecular weight is 322 g/mol. The molecule has 0 spiro atoms.